The maximum Gasteiger partial charge on any atom is 0.0431 e. The molecule has 0 aliphatic carbocycles. The van der Waals surface area contributed by atoms with E-state index in [0.29, 0.717) is 5.92 Å². The highest BCUT2D eigenvalue weighted by Gasteiger charge is 2.14. The summed E-state index contributed by atoms with van der Waals surface area (Å²) in [6.45, 7) is 10.8. The van der Waals surface area contributed by atoms with Crippen molar-refractivity contribution < 1.29 is 5.11 Å². The second-order valence-electron chi connectivity index (χ2n) is 3.65. The molecule has 1 heteroatoms. The van der Waals surface area contributed by atoms with Crippen LogP contribution in [-0.4, -0.2) is 11.7 Å². The van der Waals surface area contributed by atoms with Gasteiger partial charge in [-0.2, -0.15) is 0 Å². The van der Waals surface area contributed by atoms with Gasteiger partial charge in [0.05, 0.1) is 0 Å². The Balaban J connectivity index is 4.45. The number of hydrogen-bond donors (Lipinski definition) is 1. The molecular formula is C13H24O. The lowest BCUT2D eigenvalue weighted by atomic mass is 9.85. The van der Waals surface area contributed by atoms with Gasteiger partial charge >= 0.3 is 0 Å². The minimum absolute atomic E-state index is 0.286. The van der Waals surface area contributed by atoms with Gasteiger partial charge in [-0.3, -0.25) is 0 Å². The Morgan fingerprint density at radius 3 is 2.36 bits per heavy atom. The average molecular weight is 196 g/mol. The largest absolute Gasteiger partial charge is 0.396 e. The first-order valence-corrected chi connectivity index (χ1v) is 5.64. The van der Waals surface area contributed by atoms with Crippen LogP contribution in [-0.2, 0) is 0 Å². The summed E-state index contributed by atoms with van der Waals surface area (Å²) >= 11 is 0. The topological polar surface area (TPSA) is 20.2 Å². The van der Waals surface area contributed by atoms with E-state index < -0.39 is 0 Å². The first-order chi connectivity index (χ1) is 6.71. The van der Waals surface area contributed by atoms with Crippen molar-refractivity contribution in [3.8, 4) is 0 Å². The molecule has 1 N–H and O–H groups in total. The molecule has 1 unspecified atom stereocenters. The van der Waals surface area contributed by atoms with E-state index in [0.717, 1.165) is 25.7 Å². The van der Waals surface area contributed by atoms with Crippen molar-refractivity contribution in [3.63, 3.8) is 0 Å². The molecule has 0 saturated carbocycles. The van der Waals surface area contributed by atoms with E-state index in [1.165, 1.54) is 11.1 Å². The molecule has 1 atom stereocenters. The molecule has 0 rings (SSSR count). The molecule has 0 amide bonds. The summed E-state index contributed by atoms with van der Waals surface area (Å²) in [5.41, 5.74) is 2.76. The van der Waals surface area contributed by atoms with Gasteiger partial charge in [-0.05, 0) is 32.6 Å². The number of rotatable bonds is 7. The molecule has 0 aromatic rings. The van der Waals surface area contributed by atoms with Crippen LogP contribution in [0.1, 0.15) is 46.5 Å². The van der Waals surface area contributed by atoms with E-state index in [1.54, 1.807) is 0 Å². The summed E-state index contributed by atoms with van der Waals surface area (Å²) in [5.74, 6) is 0.488. The first-order valence-electron chi connectivity index (χ1n) is 5.64. The second-order valence-corrected chi connectivity index (χ2v) is 3.65. The summed E-state index contributed by atoms with van der Waals surface area (Å²) < 4.78 is 0. The minimum Gasteiger partial charge on any atom is -0.396 e. The van der Waals surface area contributed by atoms with Crippen molar-refractivity contribution in [2.24, 2.45) is 5.92 Å². The molecule has 0 saturated heterocycles. The third-order valence-electron chi connectivity index (χ3n) is 2.82. The van der Waals surface area contributed by atoms with Crippen LogP contribution in [0.4, 0.5) is 0 Å². The Morgan fingerprint density at radius 1 is 1.36 bits per heavy atom. The van der Waals surface area contributed by atoms with E-state index in [-0.39, 0.29) is 6.61 Å². The Bertz CT molecular complexity index is 191. The highest BCUT2D eigenvalue weighted by molar-refractivity contribution is 5.18. The van der Waals surface area contributed by atoms with E-state index in [2.05, 4.69) is 33.4 Å². The van der Waals surface area contributed by atoms with Gasteiger partial charge in [0, 0.05) is 12.5 Å². The van der Waals surface area contributed by atoms with Crippen LogP contribution >= 0.6 is 0 Å². The molecule has 0 aliphatic heterocycles. The van der Waals surface area contributed by atoms with E-state index in [4.69, 9.17) is 5.11 Å². The third kappa shape index (κ3) is 4.10. The Morgan fingerprint density at radius 2 is 2.00 bits per heavy atom. The lowest BCUT2D eigenvalue weighted by Crippen LogP contribution is -2.07. The first kappa shape index (κ1) is 13.4. The highest BCUT2D eigenvalue weighted by Crippen LogP contribution is 2.28. The van der Waals surface area contributed by atoms with Gasteiger partial charge in [0.25, 0.3) is 0 Å². The summed E-state index contributed by atoms with van der Waals surface area (Å²) in [5, 5.41) is 8.85. The van der Waals surface area contributed by atoms with Gasteiger partial charge in [0.2, 0.25) is 0 Å². The number of hydrogen-bond acceptors (Lipinski definition) is 1. The smallest absolute Gasteiger partial charge is 0.0431 e. The summed E-state index contributed by atoms with van der Waals surface area (Å²) in [6, 6.07) is 0. The Kier molecular flexibility index (Phi) is 7.50. The van der Waals surface area contributed by atoms with Crippen molar-refractivity contribution in [2.75, 3.05) is 6.61 Å². The van der Waals surface area contributed by atoms with Crippen molar-refractivity contribution in [1.29, 1.82) is 0 Å². The second kappa shape index (κ2) is 7.81. The predicted molar refractivity (Wildman–Crippen MR) is 63.3 cm³/mol. The standard InChI is InChI=1S/C13H24O/c1-5-11(4)13(9-8-10-14)12(6-2)7-3/h6,13-14H,4-5,7-10H2,1-3H3/b12-6-. The lowest BCUT2D eigenvalue weighted by Gasteiger charge is -2.21. The number of aliphatic hydroxyl groups is 1. The van der Waals surface area contributed by atoms with Crippen molar-refractivity contribution in [3.05, 3.63) is 23.8 Å². The van der Waals surface area contributed by atoms with Gasteiger partial charge in [0.1, 0.15) is 0 Å². The maximum atomic E-state index is 8.85. The van der Waals surface area contributed by atoms with Crippen LogP contribution in [0.25, 0.3) is 0 Å². The molecule has 0 aromatic heterocycles. The van der Waals surface area contributed by atoms with Crippen molar-refractivity contribution in [1.82, 2.24) is 0 Å². The fraction of sp³-hybridized carbons (Fsp3) is 0.692. The van der Waals surface area contributed by atoms with Crippen LogP contribution in [0, 0.1) is 5.92 Å². The summed E-state index contributed by atoms with van der Waals surface area (Å²) in [6.07, 6.45) is 6.24. The van der Waals surface area contributed by atoms with Crippen LogP contribution in [0.5, 0.6) is 0 Å². The van der Waals surface area contributed by atoms with E-state index in [1.807, 2.05) is 0 Å². The van der Waals surface area contributed by atoms with Gasteiger partial charge in [-0.25, -0.2) is 0 Å². The number of aliphatic hydroxyl groups excluding tert-OH is 1. The zero-order valence-electron chi connectivity index (χ0n) is 9.84. The molecule has 0 heterocycles. The van der Waals surface area contributed by atoms with Crippen LogP contribution in [0.2, 0.25) is 0 Å². The molecule has 0 bridgehead atoms. The van der Waals surface area contributed by atoms with Gasteiger partial charge in [0.15, 0.2) is 0 Å². The zero-order valence-corrected chi connectivity index (χ0v) is 9.84. The van der Waals surface area contributed by atoms with E-state index in [9.17, 15) is 0 Å². The van der Waals surface area contributed by atoms with Gasteiger partial charge in [-0.15, -0.1) is 0 Å². The normalized spacial score (nSPS) is 14.1. The molecule has 0 spiro atoms. The fourth-order valence-electron chi connectivity index (χ4n) is 1.85. The minimum atomic E-state index is 0.286. The molecule has 0 radical (unpaired) electrons. The highest BCUT2D eigenvalue weighted by atomic mass is 16.2. The van der Waals surface area contributed by atoms with Gasteiger partial charge in [-0.1, -0.05) is 37.6 Å². The SMILES string of the molecule is C=C(CC)C(CCCO)/C(=C\C)CC. The summed E-state index contributed by atoms with van der Waals surface area (Å²) in [7, 11) is 0. The van der Waals surface area contributed by atoms with Crippen molar-refractivity contribution >= 4 is 0 Å². The molecule has 0 fully saturated rings. The third-order valence-corrected chi connectivity index (χ3v) is 2.82. The molecular weight excluding hydrogens is 172 g/mol. The van der Waals surface area contributed by atoms with Gasteiger partial charge < -0.3 is 5.11 Å². The fourth-order valence-corrected chi connectivity index (χ4v) is 1.85. The monoisotopic (exact) mass is 196 g/mol. The van der Waals surface area contributed by atoms with Crippen molar-refractivity contribution in [2.45, 2.75) is 46.5 Å². The quantitative estimate of drug-likeness (QED) is 0.616. The number of allylic oxidation sites excluding steroid dienone is 3. The molecule has 14 heavy (non-hydrogen) atoms. The molecule has 1 nitrogen and oxygen atoms in total. The van der Waals surface area contributed by atoms with Crippen LogP contribution in [0.15, 0.2) is 23.8 Å². The lowest BCUT2D eigenvalue weighted by molar-refractivity contribution is 0.278. The molecule has 82 valence electrons. The van der Waals surface area contributed by atoms with Crippen LogP contribution in [0.3, 0.4) is 0 Å². The Labute approximate surface area is 88.5 Å². The summed E-state index contributed by atoms with van der Waals surface area (Å²) in [4.78, 5) is 0. The zero-order chi connectivity index (χ0) is 11.0. The Hall–Kier alpha value is -0.560. The predicted octanol–water partition coefficient (Wildman–Crippen LogP) is 3.70. The van der Waals surface area contributed by atoms with Crippen LogP contribution < -0.4 is 0 Å². The van der Waals surface area contributed by atoms with E-state index >= 15 is 0 Å². The molecule has 0 aromatic carbocycles. The average Bonchev–Trinajstić information content (AvgIpc) is 2.23. The maximum absolute atomic E-state index is 8.85. The molecule has 0 aliphatic rings.